The Morgan fingerprint density at radius 3 is 3.24 bits per heavy atom. The van der Waals surface area contributed by atoms with Gasteiger partial charge in [0.25, 0.3) is 5.91 Å². The number of carbonyl (C=O) groups excluding carboxylic acids is 1. The van der Waals surface area contributed by atoms with E-state index >= 15 is 0 Å². The summed E-state index contributed by atoms with van der Waals surface area (Å²) < 4.78 is 0. The number of carbonyl (C=O) groups is 1. The van der Waals surface area contributed by atoms with Crippen molar-refractivity contribution in [1.29, 1.82) is 0 Å². The fourth-order valence-electron chi connectivity index (χ4n) is 2.62. The third kappa shape index (κ3) is 3.31. The van der Waals surface area contributed by atoms with Gasteiger partial charge in [-0.05, 0) is 42.5 Å². The molecule has 0 aromatic carbocycles. The minimum atomic E-state index is -0.0526. The standard InChI is InChI=1S/C16H19N3OS/c1-12(9-18-16(20)13-3-2-6-17-10-13)19-7-4-15-14(11-19)5-8-21-15/h2-3,5-6,8,10,12H,4,7,9,11H2,1H3,(H,18,20). The van der Waals surface area contributed by atoms with E-state index < -0.39 is 0 Å². The van der Waals surface area contributed by atoms with Gasteiger partial charge in [-0.2, -0.15) is 0 Å². The van der Waals surface area contributed by atoms with Gasteiger partial charge in [-0.1, -0.05) is 0 Å². The molecular weight excluding hydrogens is 282 g/mol. The van der Waals surface area contributed by atoms with Gasteiger partial charge >= 0.3 is 0 Å². The zero-order valence-corrected chi connectivity index (χ0v) is 12.9. The van der Waals surface area contributed by atoms with Gasteiger partial charge in [0.15, 0.2) is 0 Å². The molecule has 1 atom stereocenters. The molecule has 0 spiro atoms. The monoisotopic (exact) mass is 301 g/mol. The first kappa shape index (κ1) is 14.2. The molecule has 1 aliphatic rings. The Morgan fingerprint density at radius 1 is 1.52 bits per heavy atom. The van der Waals surface area contributed by atoms with Crippen LogP contribution >= 0.6 is 11.3 Å². The van der Waals surface area contributed by atoms with Gasteiger partial charge in [0.05, 0.1) is 5.56 Å². The van der Waals surface area contributed by atoms with Crippen LogP contribution in [0.4, 0.5) is 0 Å². The number of nitrogens with zero attached hydrogens (tertiary/aromatic N) is 2. The van der Waals surface area contributed by atoms with Crippen molar-refractivity contribution in [2.75, 3.05) is 13.1 Å². The molecule has 21 heavy (non-hydrogen) atoms. The molecule has 0 saturated heterocycles. The zero-order chi connectivity index (χ0) is 14.7. The molecule has 3 rings (SSSR count). The van der Waals surface area contributed by atoms with Crippen LogP contribution in [-0.4, -0.2) is 34.9 Å². The second kappa shape index (κ2) is 6.37. The summed E-state index contributed by atoms with van der Waals surface area (Å²) in [4.78, 5) is 19.9. The lowest BCUT2D eigenvalue weighted by Gasteiger charge is -2.32. The van der Waals surface area contributed by atoms with Gasteiger partial charge in [0.2, 0.25) is 0 Å². The zero-order valence-electron chi connectivity index (χ0n) is 12.1. The Labute approximate surface area is 128 Å². The maximum atomic E-state index is 12.0. The average Bonchev–Trinajstić information content (AvgIpc) is 3.00. The van der Waals surface area contributed by atoms with Crippen LogP contribution in [0.15, 0.2) is 36.0 Å². The van der Waals surface area contributed by atoms with E-state index in [1.165, 1.54) is 10.4 Å². The number of thiophene rings is 1. The molecule has 1 unspecified atom stereocenters. The van der Waals surface area contributed by atoms with E-state index in [9.17, 15) is 4.79 Å². The Kier molecular flexibility index (Phi) is 4.31. The minimum Gasteiger partial charge on any atom is -0.350 e. The minimum absolute atomic E-state index is 0.0526. The summed E-state index contributed by atoms with van der Waals surface area (Å²) in [6, 6.07) is 6.11. The molecule has 5 heteroatoms. The molecule has 2 aromatic rings. The molecular formula is C16H19N3OS. The van der Waals surface area contributed by atoms with Gasteiger partial charge in [0.1, 0.15) is 0 Å². The lowest BCUT2D eigenvalue weighted by molar-refractivity contribution is 0.0932. The molecule has 2 aromatic heterocycles. The largest absolute Gasteiger partial charge is 0.350 e. The highest BCUT2D eigenvalue weighted by molar-refractivity contribution is 7.10. The number of fused-ring (bicyclic) bond motifs is 1. The highest BCUT2D eigenvalue weighted by Crippen LogP contribution is 2.24. The van der Waals surface area contributed by atoms with Crippen molar-refractivity contribution < 1.29 is 4.79 Å². The predicted molar refractivity (Wildman–Crippen MR) is 84.5 cm³/mol. The SMILES string of the molecule is CC(CNC(=O)c1cccnc1)N1CCc2sccc2C1. The fraction of sp³-hybridized carbons (Fsp3) is 0.375. The molecule has 0 fully saturated rings. The summed E-state index contributed by atoms with van der Waals surface area (Å²) in [7, 11) is 0. The Bertz CT molecular complexity index is 611. The summed E-state index contributed by atoms with van der Waals surface area (Å²) in [6.07, 6.45) is 4.39. The highest BCUT2D eigenvalue weighted by atomic mass is 32.1. The first-order chi connectivity index (χ1) is 10.2. The van der Waals surface area contributed by atoms with Crippen molar-refractivity contribution in [1.82, 2.24) is 15.2 Å². The van der Waals surface area contributed by atoms with Crippen LogP contribution in [0.3, 0.4) is 0 Å². The predicted octanol–water partition coefficient (Wildman–Crippen LogP) is 2.32. The molecule has 110 valence electrons. The van der Waals surface area contributed by atoms with Gasteiger partial charge in [0, 0.05) is 42.9 Å². The van der Waals surface area contributed by atoms with E-state index in [0.29, 0.717) is 18.2 Å². The lowest BCUT2D eigenvalue weighted by atomic mass is 10.1. The summed E-state index contributed by atoms with van der Waals surface area (Å²) in [5.74, 6) is -0.0526. The van der Waals surface area contributed by atoms with Gasteiger partial charge in [-0.25, -0.2) is 0 Å². The van der Waals surface area contributed by atoms with Crippen molar-refractivity contribution >= 4 is 17.2 Å². The van der Waals surface area contributed by atoms with Gasteiger partial charge in [-0.15, -0.1) is 11.3 Å². The van der Waals surface area contributed by atoms with Crippen molar-refractivity contribution in [3.8, 4) is 0 Å². The summed E-state index contributed by atoms with van der Waals surface area (Å²) in [5.41, 5.74) is 2.06. The molecule has 0 bridgehead atoms. The number of pyridine rings is 1. The Hall–Kier alpha value is -1.72. The van der Waals surface area contributed by atoms with Crippen LogP contribution in [0.25, 0.3) is 0 Å². The van der Waals surface area contributed by atoms with E-state index in [4.69, 9.17) is 0 Å². The van der Waals surface area contributed by atoms with Crippen molar-refractivity contribution in [3.63, 3.8) is 0 Å². The average molecular weight is 301 g/mol. The van der Waals surface area contributed by atoms with Gasteiger partial charge < -0.3 is 5.32 Å². The number of amides is 1. The molecule has 0 saturated carbocycles. The van der Waals surface area contributed by atoms with E-state index in [2.05, 4.69) is 33.6 Å². The van der Waals surface area contributed by atoms with E-state index in [1.54, 1.807) is 24.5 Å². The summed E-state index contributed by atoms with van der Waals surface area (Å²) in [5, 5.41) is 5.17. The highest BCUT2D eigenvalue weighted by Gasteiger charge is 2.21. The summed E-state index contributed by atoms with van der Waals surface area (Å²) >= 11 is 1.85. The first-order valence-corrected chi connectivity index (χ1v) is 8.09. The van der Waals surface area contributed by atoms with Crippen LogP contribution in [0.2, 0.25) is 0 Å². The number of nitrogens with one attached hydrogen (secondary N) is 1. The van der Waals surface area contributed by atoms with E-state index in [0.717, 1.165) is 19.5 Å². The van der Waals surface area contributed by atoms with Crippen LogP contribution in [0.1, 0.15) is 27.7 Å². The normalized spacial score (nSPS) is 16.2. The quantitative estimate of drug-likeness (QED) is 0.942. The van der Waals surface area contributed by atoms with Crippen LogP contribution < -0.4 is 5.32 Å². The number of hydrogen-bond acceptors (Lipinski definition) is 4. The smallest absolute Gasteiger partial charge is 0.252 e. The molecule has 0 aliphatic carbocycles. The Morgan fingerprint density at radius 2 is 2.43 bits per heavy atom. The molecule has 1 aliphatic heterocycles. The molecule has 1 amide bonds. The van der Waals surface area contributed by atoms with Crippen molar-refractivity contribution in [2.24, 2.45) is 0 Å². The lowest BCUT2D eigenvalue weighted by Crippen LogP contribution is -2.44. The Balaban J connectivity index is 1.53. The summed E-state index contributed by atoms with van der Waals surface area (Å²) in [6.45, 7) is 4.88. The van der Waals surface area contributed by atoms with Crippen LogP contribution in [-0.2, 0) is 13.0 Å². The molecule has 1 N–H and O–H groups in total. The van der Waals surface area contributed by atoms with E-state index in [1.807, 2.05) is 11.3 Å². The van der Waals surface area contributed by atoms with E-state index in [-0.39, 0.29) is 5.91 Å². The van der Waals surface area contributed by atoms with Crippen LogP contribution in [0, 0.1) is 0 Å². The fourth-order valence-corrected chi connectivity index (χ4v) is 3.50. The first-order valence-electron chi connectivity index (χ1n) is 7.21. The topological polar surface area (TPSA) is 45.2 Å². The second-order valence-corrected chi connectivity index (χ2v) is 6.39. The maximum absolute atomic E-state index is 12.0. The molecule has 4 nitrogen and oxygen atoms in total. The molecule has 0 radical (unpaired) electrons. The molecule has 3 heterocycles. The van der Waals surface area contributed by atoms with Crippen molar-refractivity contribution in [3.05, 3.63) is 52.0 Å². The third-order valence-electron chi connectivity index (χ3n) is 3.94. The number of rotatable bonds is 4. The number of hydrogen-bond donors (Lipinski definition) is 1. The second-order valence-electron chi connectivity index (χ2n) is 5.39. The number of aromatic nitrogens is 1. The maximum Gasteiger partial charge on any atom is 0.252 e. The van der Waals surface area contributed by atoms with Gasteiger partial charge in [-0.3, -0.25) is 14.7 Å². The van der Waals surface area contributed by atoms with Crippen LogP contribution in [0.5, 0.6) is 0 Å². The van der Waals surface area contributed by atoms with Crippen molar-refractivity contribution in [2.45, 2.75) is 25.9 Å². The third-order valence-corrected chi connectivity index (χ3v) is 4.97.